The molecule has 2 amide bonds. The molecule has 3 fully saturated rings. The fraction of sp³-hybridized carbons (Fsp3) is 0.737. The number of urea groups is 1. The fourth-order valence-electron chi connectivity index (χ4n) is 4.74. The summed E-state index contributed by atoms with van der Waals surface area (Å²) in [5, 5.41) is 17.3. The summed E-state index contributed by atoms with van der Waals surface area (Å²) < 4.78 is 2.05. The average Bonchev–Trinajstić information content (AvgIpc) is 3.05. The quantitative estimate of drug-likeness (QED) is 0.842. The van der Waals surface area contributed by atoms with Gasteiger partial charge in [0.15, 0.2) is 0 Å². The number of carbonyl (C=O) groups excluding carboxylic acids is 1. The Labute approximate surface area is 153 Å². The topological polar surface area (TPSA) is 87.5 Å². The summed E-state index contributed by atoms with van der Waals surface area (Å²) in [6.07, 6.45) is 7.54. The highest BCUT2D eigenvalue weighted by Gasteiger charge is 2.55. The molecule has 0 bridgehead atoms. The van der Waals surface area contributed by atoms with Crippen LogP contribution in [0.3, 0.4) is 0 Å². The summed E-state index contributed by atoms with van der Waals surface area (Å²) in [5.41, 5.74) is 1.18. The second-order valence-corrected chi connectivity index (χ2v) is 8.28. The average molecular weight is 360 g/mol. The molecular weight excluding hydrogens is 332 g/mol. The molecule has 3 aliphatic rings. The smallest absolute Gasteiger partial charge is 0.321 e. The summed E-state index contributed by atoms with van der Waals surface area (Å²) in [4.78, 5) is 26.4. The van der Waals surface area contributed by atoms with E-state index >= 15 is 0 Å². The molecule has 1 saturated heterocycles. The largest absolute Gasteiger partial charge is 0.481 e. The number of nitrogens with one attached hydrogen (secondary N) is 1. The highest BCUT2D eigenvalue weighted by molar-refractivity contribution is 5.91. The maximum Gasteiger partial charge on any atom is 0.321 e. The van der Waals surface area contributed by atoms with Crippen LogP contribution in [0, 0.1) is 11.3 Å². The van der Waals surface area contributed by atoms with Crippen LogP contribution in [0.5, 0.6) is 0 Å². The van der Waals surface area contributed by atoms with Gasteiger partial charge in [0.25, 0.3) is 0 Å². The molecule has 7 nitrogen and oxygen atoms in total. The number of likely N-dealkylation sites (tertiary alicyclic amines) is 1. The Balaban J connectivity index is 1.51. The maximum absolute atomic E-state index is 12.8. The Kier molecular flexibility index (Phi) is 4.20. The third kappa shape index (κ3) is 2.68. The Morgan fingerprint density at radius 3 is 2.81 bits per heavy atom. The van der Waals surface area contributed by atoms with Crippen LogP contribution >= 0.6 is 0 Å². The molecule has 2 N–H and O–H groups in total. The molecule has 1 aromatic rings. The first kappa shape index (κ1) is 17.4. The van der Waals surface area contributed by atoms with Crippen molar-refractivity contribution in [2.45, 2.75) is 64.3 Å². The van der Waals surface area contributed by atoms with Crippen LogP contribution < -0.4 is 5.32 Å². The molecule has 2 heterocycles. The van der Waals surface area contributed by atoms with Crippen LogP contribution in [0.2, 0.25) is 0 Å². The summed E-state index contributed by atoms with van der Waals surface area (Å²) in [5.74, 6) is -0.194. The van der Waals surface area contributed by atoms with Gasteiger partial charge < -0.3 is 15.3 Å². The lowest BCUT2D eigenvalue weighted by molar-refractivity contribution is -0.149. The van der Waals surface area contributed by atoms with E-state index in [1.165, 1.54) is 0 Å². The van der Waals surface area contributed by atoms with Crippen LogP contribution in [0.15, 0.2) is 6.20 Å². The van der Waals surface area contributed by atoms with Crippen molar-refractivity contribution >= 4 is 17.7 Å². The zero-order valence-corrected chi connectivity index (χ0v) is 15.6. The van der Waals surface area contributed by atoms with Gasteiger partial charge in [-0.25, -0.2) is 4.79 Å². The summed E-state index contributed by atoms with van der Waals surface area (Å²) in [7, 11) is 0. The van der Waals surface area contributed by atoms with E-state index in [2.05, 4.69) is 24.3 Å². The van der Waals surface area contributed by atoms with E-state index in [-0.39, 0.29) is 11.9 Å². The molecule has 26 heavy (non-hydrogen) atoms. The third-order valence-electron chi connectivity index (χ3n) is 6.63. The first-order valence-electron chi connectivity index (χ1n) is 9.83. The molecule has 142 valence electrons. The second-order valence-electron chi connectivity index (χ2n) is 8.28. The van der Waals surface area contributed by atoms with Gasteiger partial charge in [-0.1, -0.05) is 13.3 Å². The molecule has 2 saturated carbocycles. The number of carbonyl (C=O) groups is 2. The number of aromatic nitrogens is 2. The molecule has 4 rings (SSSR count). The molecule has 2 aliphatic carbocycles. The van der Waals surface area contributed by atoms with Gasteiger partial charge >= 0.3 is 12.0 Å². The van der Waals surface area contributed by atoms with Crippen molar-refractivity contribution in [3.8, 4) is 0 Å². The van der Waals surface area contributed by atoms with Crippen LogP contribution in [0.1, 0.15) is 70.0 Å². The van der Waals surface area contributed by atoms with Gasteiger partial charge in [-0.15, -0.1) is 0 Å². The number of aliphatic carboxylic acids is 1. The zero-order chi connectivity index (χ0) is 18.5. The lowest BCUT2D eigenvalue weighted by Gasteiger charge is -2.23. The van der Waals surface area contributed by atoms with Crippen molar-refractivity contribution in [3.63, 3.8) is 0 Å². The SMILES string of the molecule is CCC(C)n1ncc(NC(=O)N2C[C@@H]3CCC[C@@]3(C(=O)O)C2)c1C1CC1. The Bertz CT molecular complexity index is 726. The fourth-order valence-corrected chi connectivity index (χ4v) is 4.74. The van der Waals surface area contributed by atoms with E-state index in [9.17, 15) is 14.7 Å². The van der Waals surface area contributed by atoms with Gasteiger partial charge in [0, 0.05) is 25.0 Å². The number of carboxylic acid groups (broad SMARTS) is 1. The predicted octanol–water partition coefficient (Wildman–Crippen LogP) is 3.45. The number of nitrogens with zero attached hydrogens (tertiary/aromatic N) is 3. The number of amides is 2. The van der Waals surface area contributed by atoms with Crippen molar-refractivity contribution in [2.75, 3.05) is 18.4 Å². The van der Waals surface area contributed by atoms with E-state index in [0.717, 1.165) is 43.5 Å². The van der Waals surface area contributed by atoms with Gasteiger partial charge in [-0.05, 0) is 44.9 Å². The second kappa shape index (κ2) is 6.28. The van der Waals surface area contributed by atoms with Crippen LogP contribution in [-0.2, 0) is 4.79 Å². The van der Waals surface area contributed by atoms with Crippen molar-refractivity contribution in [1.29, 1.82) is 0 Å². The minimum Gasteiger partial charge on any atom is -0.481 e. The number of carboxylic acids is 1. The van der Waals surface area contributed by atoms with E-state index < -0.39 is 11.4 Å². The van der Waals surface area contributed by atoms with Crippen molar-refractivity contribution in [3.05, 3.63) is 11.9 Å². The molecule has 0 aromatic carbocycles. The van der Waals surface area contributed by atoms with Gasteiger partial charge in [-0.2, -0.15) is 5.10 Å². The lowest BCUT2D eigenvalue weighted by atomic mass is 9.81. The summed E-state index contributed by atoms with van der Waals surface area (Å²) in [6, 6.07) is 0.114. The Hall–Kier alpha value is -2.05. The standard InChI is InChI=1S/C19H28N4O3/c1-3-12(2)23-16(13-6-7-13)15(9-20-23)21-18(26)22-10-14-5-4-8-19(14,11-22)17(24)25/h9,12-14H,3-8,10-11H2,1-2H3,(H,21,26)(H,24,25)/t12?,14-,19+/m0/s1. The highest BCUT2D eigenvalue weighted by atomic mass is 16.4. The van der Waals surface area contributed by atoms with E-state index in [4.69, 9.17) is 0 Å². The molecule has 1 aliphatic heterocycles. The van der Waals surface area contributed by atoms with Crippen LogP contribution in [0.4, 0.5) is 10.5 Å². The molecule has 1 unspecified atom stereocenters. The van der Waals surface area contributed by atoms with Crippen molar-refractivity contribution < 1.29 is 14.7 Å². The monoisotopic (exact) mass is 360 g/mol. The number of hydrogen-bond donors (Lipinski definition) is 2. The Morgan fingerprint density at radius 2 is 2.19 bits per heavy atom. The summed E-state index contributed by atoms with van der Waals surface area (Å²) in [6.45, 7) is 5.13. The number of hydrogen-bond acceptors (Lipinski definition) is 3. The predicted molar refractivity (Wildman–Crippen MR) is 97.2 cm³/mol. The number of rotatable bonds is 5. The molecule has 3 atom stereocenters. The van der Waals surface area contributed by atoms with Gasteiger partial charge in [0.2, 0.25) is 0 Å². The van der Waals surface area contributed by atoms with Crippen molar-refractivity contribution in [1.82, 2.24) is 14.7 Å². The van der Waals surface area contributed by atoms with Gasteiger partial charge in [0.05, 0.1) is 23.0 Å². The molecule has 1 aromatic heterocycles. The highest BCUT2D eigenvalue weighted by Crippen LogP contribution is 2.49. The first-order valence-corrected chi connectivity index (χ1v) is 9.83. The number of anilines is 1. The Morgan fingerprint density at radius 1 is 1.42 bits per heavy atom. The van der Waals surface area contributed by atoms with E-state index in [0.29, 0.717) is 31.5 Å². The molecular formula is C19H28N4O3. The minimum absolute atomic E-state index is 0.0801. The normalized spacial score (nSPS) is 28.8. The summed E-state index contributed by atoms with van der Waals surface area (Å²) >= 11 is 0. The van der Waals surface area contributed by atoms with E-state index in [1.54, 1.807) is 11.1 Å². The van der Waals surface area contributed by atoms with Crippen LogP contribution in [-0.4, -0.2) is 44.9 Å². The van der Waals surface area contributed by atoms with Gasteiger partial charge in [-0.3, -0.25) is 9.48 Å². The molecule has 0 radical (unpaired) electrons. The molecule has 0 spiro atoms. The third-order valence-corrected chi connectivity index (χ3v) is 6.63. The van der Waals surface area contributed by atoms with Gasteiger partial charge in [0.1, 0.15) is 0 Å². The lowest BCUT2D eigenvalue weighted by Crippen LogP contribution is -2.38. The molecule has 7 heteroatoms. The maximum atomic E-state index is 12.8. The first-order chi connectivity index (χ1) is 12.5. The van der Waals surface area contributed by atoms with Crippen molar-refractivity contribution in [2.24, 2.45) is 11.3 Å². The van der Waals surface area contributed by atoms with E-state index in [1.807, 2.05) is 4.68 Å². The number of fused-ring (bicyclic) bond motifs is 1. The van der Waals surface area contributed by atoms with Crippen LogP contribution in [0.25, 0.3) is 0 Å². The zero-order valence-electron chi connectivity index (χ0n) is 15.6. The minimum atomic E-state index is -0.751.